The van der Waals surface area contributed by atoms with Gasteiger partial charge in [0.2, 0.25) is 0 Å². The van der Waals surface area contributed by atoms with E-state index in [1.54, 1.807) is 6.92 Å². The molecule has 1 rings (SSSR count). The lowest BCUT2D eigenvalue weighted by Crippen LogP contribution is -2.32. The quantitative estimate of drug-likeness (QED) is 0.780. The Morgan fingerprint density at radius 3 is 2.67 bits per heavy atom. The van der Waals surface area contributed by atoms with Gasteiger partial charge in [0, 0.05) is 18.4 Å². The molecule has 0 N–H and O–H groups in total. The number of aryl methyl sites for hydroxylation is 1. The first-order chi connectivity index (χ1) is 7.02. The molecule has 0 aromatic carbocycles. The van der Waals surface area contributed by atoms with E-state index >= 15 is 0 Å². The number of alkyl halides is 1. The lowest BCUT2D eigenvalue weighted by atomic mass is 10.7. The Hall–Kier alpha value is 0.0200. The molecule has 15 heavy (non-hydrogen) atoms. The smallest absolute Gasteiger partial charge is 0.249 e. The minimum Gasteiger partial charge on any atom is -0.249 e. The number of aromatic nitrogens is 1. The number of thiazole rings is 1. The van der Waals surface area contributed by atoms with E-state index in [0.717, 1.165) is 5.01 Å². The van der Waals surface area contributed by atoms with Crippen LogP contribution in [0.25, 0.3) is 0 Å². The minimum absolute atomic E-state index is 0.322. The van der Waals surface area contributed by atoms with Crippen molar-refractivity contribution >= 4 is 37.3 Å². The number of hydrogen-bond donors (Lipinski definition) is 0. The minimum atomic E-state index is -3.33. The predicted octanol–water partition coefficient (Wildman–Crippen LogP) is 1.86. The van der Waals surface area contributed by atoms with Gasteiger partial charge in [-0.05, 0) is 6.92 Å². The van der Waals surface area contributed by atoms with Crippen molar-refractivity contribution in [2.45, 2.75) is 18.1 Å². The standard InChI is InChI=1S/C8H13BrN2O2S2/c1-3-11(5-4-9)15(12,13)8-6-10-7(2)14-8/h6H,3-5H2,1-2H3. The van der Waals surface area contributed by atoms with Crippen molar-refractivity contribution in [1.82, 2.24) is 9.29 Å². The van der Waals surface area contributed by atoms with Crippen LogP contribution in [0.4, 0.5) is 0 Å². The average Bonchev–Trinajstić information content (AvgIpc) is 2.61. The van der Waals surface area contributed by atoms with Gasteiger partial charge in [-0.15, -0.1) is 11.3 Å². The van der Waals surface area contributed by atoms with E-state index in [4.69, 9.17) is 0 Å². The van der Waals surface area contributed by atoms with Gasteiger partial charge in [-0.2, -0.15) is 4.31 Å². The van der Waals surface area contributed by atoms with E-state index in [2.05, 4.69) is 20.9 Å². The lowest BCUT2D eigenvalue weighted by Gasteiger charge is -2.17. The van der Waals surface area contributed by atoms with Crippen molar-refractivity contribution in [1.29, 1.82) is 0 Å². The van der Waals surface area contributed by atoms with Gasteiger partial charge in [0.1, 0.15) is 0 Å². The van der Waals surface area contributed by atoms with E-state index in [-0.39, 0.29) is 0 Å². The Morgan fingerprint density at radius 1 is 1.60 bits per heavy atom. The second-order valence-electron chi connectivity index (χ2n) is 2.88. The van der Waals surface area contributed by atoms with Crippen LogP contribution >= 0.6 is 27.3 Å². The first kappa shape index (κ1) is 13.1. The van der Waals surface area contributed by atoms with Crippen molar-refractivity contribution in [2.75, 3.05) is 18.4 Å². The lowest BCUT2D eigenvalue weighted by molar-refractivity contribution is 0.450. The number of hydrogen-bond acceptors (Lipinski definition) is 4. The van der Waals surface area contributed by atoms with Crippen LogP contribution in [0, 0.1) is 6.92 Å². The third-order valence-corrected chi connectivity index (χ3v) is 5.56. The molecule has 1 aromatic rings. The summed E-state index contributed by atoms with van der Waals surface area (Å²) < 4.78 is 25.8. The highest BCUT2D eigenvalue weighted by Gasteiger charge is 2.24. The molecule has 0 unspecified atom stereocenters. The normalized spacial score (nSPS) is 12.3. The Labute approximate surface area is 103 Å². The number of nitrogens with zero attached hydrogens (tertiary/aromatic N) is 2. The van der Waals surface area contributed by atoms with Crippen molar-refractivity contribution in [3.63, 3.8) is 0 Å². The van der Waals surface area contributed by atoms with Crippen molar-refractivity contribution in [3.05, 3.63) is 11.2 Å². The summed E-state index contributed by atoms with van der Waals surface area (Å²) >= 11 is 4.45. The molecule has 0 aliphatic rings. The number of halogens is 1. The predicted molar refractivity (Wildman–Crippen MR) is 65.1 cm³/mol. The van der Waals surface area contributed by atoms with Gasteiger partial charge in [0.05, 0.1) is 11.2 Å². The summed E-state index contributed by atoms with van der Waals surface area (Å²) in [5.41, 5.74) is 0. The monoisotopic (exact) mass is 312 g/mol. The molecule has 0 atom stereocenters. The molecule has 0 aliphatic heterocycles. The van der Waals surface area contributed by atoms with Crippen LogP contribution in [0.1, 0.15) is 11.9 Å². The van der Waals surface area contributed by atoms with Crippen LogP contribution < -0.4 is 0 Å². The third-order valence-electron chi connectivity index (χ3n) is 1.88. The van der Waals surface area contributed by atoms with Crippen LogP contribution in [0.15, 0.2) is 10.4 Å². The van der Waals surface area contributed by atoms with E-state index in [0.29, 0.717) is 22.6 Å². The Kier molecular flexibility index (Phi) is 4.69. The van der Waals surface area contributed by atoms with Crippen LogP contribution in [0.2, 0.25) is 0 Å². The summed E-state index contributed by atoms with van der Waals surface area (Å²) in [5, 5.41) is 1.40. The van der Waals surface area contributed by atoms with Gasteiger partial charge in [-0.25, -0.2) is 13.4 Å². The number of rotatable bonds is 5. The summed E-state index contributed by atoms with van der Waals surface area (Å²) in [5.74, 6) is 0. The summed E-state index contributed by atoms with van der Waals surface area (Å²) in [4.78, 5) is 3.96. The van der Waals surface area contributed by atoms with Gasteiger partial charge >= 0.3 is 0 Å². The van der Waals surface area contributed by atoms with Gasteiger partial charge in [-0.1, -0.05) is 22.9 Å². The largest absolute Gasteiger partial charge is 0.254 e. The highest BCUT2D eigenvalue weighted by molar-refractivity contribution is 9.09. The van der Waals surface area contributed by atoms with E-state index in [1.807, 2.05) is 6.92 Å². The van der Waals surface area contributed by atoms with Gasteiger partial charge in [0.25, 0.3) is 10.0 Å². The Bertz CT molecular complexity index is 416. The fourth-order valence-electron chi connectivity index (χ4n) is 1.13. The van der Waals surface area contributed by atoms with Crippen molar-refractivity contribution in [3.8, 4) is 0 Å². The molecule has 0 amide bonds. The summed E-state index contributed by atoms with van der Waals surface area (Å²) in [6, 6.07) is 0. The van der Waals surface area contributed by atoms with E-state index in [1.165, 1.54) is 21.8 Å². The molecule has 0 bridgehead atoms. The fraction of sp³-hybridized carbons (Fsp3) is 0.625. The SMILES string of the molecule is CCN(CCBr)S(=O)(=O)c1cnc(C)s1. The van der Waals surface area contributed by atoms with Gasteiger partial charge in [0.15, 0.2) is 4.21 Å². The zero-order valence-electron chi connectivity index (χ0n) is 8.60. The maximum Gasteiger partial charge on any atom is 0.254 e. The molecular formula is C8H13BrN2O2S2. The molecule has 7 heteroatoms. The zero-order valence-corrected chi connectivity index (χ0v) is 11.8. The molecule has 0 saturated heterocycles. The van der Waals surface area contributed by atoms with Crippen LogP contribution in [-0.2, 0) is 10.0 Å². The van der Waals surface area contributed by atoms with Crippen LogP contribution in [-0.4, -0.2) is 36.1 Å². The van der Waals surface area contributed by atoms with Crippen LogP contribution in [0.5, 0.6) is 0 Å². The maximum absolute atomic E-state index is 12.0. The molecule has 0 radical (unpaired) electrons. The average molecular weight is 313 g/mol. The van der Waals surface area contributed by atoms with Crippen LogP contribution in [0.3, 0.4) is 0 Å². The van der Waals surface area contributed by atoms with E-state index in [9.17, 15) is 8.42 Å². The zero-order chi connectivity index (χ0) is 11.5. The molecule has 1 heterocycles. The fourth-order valence-corrected chi connectivity index (χ4v) is 4.51. The first-order valence-corrected chi connectivity index (χ1v) is 7.88. The molecule has 1 aromatic heterocycles. The third kappa shape index (κ3) is 2.99. The molecule has 0 aliphatic carbocycles. The summed E-state index contributed by atoms with van der Waals surface area (Å²) in [6.07, 6.45) is 1.42. The molecule has 0 spiro atoms. The molecule has 86 valence electrons. The number of sulfonamides is 1. The van der Waals surface area contributed by atoms with Crippen molar-refractivity contribution in [2.24, 2.45) is 0 Å². The molecule has 4 nitrogen and oxygen atoms in total. The summed E-state index contributed by atoms with van der Waals surface area (Å²) in [7, 11) is -3.33. The second-order valence-corrected chi connectivity index (χ2v) is 7.08. The molecular weight excluding hydrogens is 300 g/mol. The van der Waals surface area contributed by atoms with Gasteiger partial charge in [-0.3, -0.25) is 0 Å². The maximum atomic E-state index is 12.0. The highest BCUT2D eigenvalue weighted by atomic mass is 79.9. The second kappa shape index (κ2) is 5.38. The first-order valence-electron chi connectivity index (χ1n) is 4.51. The Morgan fingerprint density at radius 2 is 2.27 bits per heavy atom. The van der Waals surface area contributed by atoms with Gasteiger partial charge < -0.3 is 0 Å². The molecule has 0 saturated carbocycles. The topological polar surface area (TPSA) is 50.3 Å². The van der Waals surface area contributed by atoms with Crippen molar-refractivity contribution < 1.29 is 8.42 Å². The summed E-state index contributed by atoms with van der Waals surface area (Å²) in [6.45, 7) is 4.58. The van der Waals surface area contributed by atoms with E-state index < -0.39 is 10.0 Å². The highest BCUT2D eigenvalue weighted by Crippen LogP contribution is 2.21. The molecule has 0 fully saturated rings. The Balaban J connectivity index is 3.00.